The van der Waals surface area contributed by atoms with Gasteiger partial charge in [0, 0.05) is 18.6 Å². The van der Waals surface area contributed by atoms with E-state index >= 15 is 0 Å². The lowest BCUT2D eigenvalue weighted by atomic mass is 9.63. The number of carbonyl (C=O) groups is 1. The Morgan fingerprint density at radius 2 is 1.64 bits per heavy atom. The topological polar surface area (TPSA) is 35.5 Å². The van der Waals surface area contributed by atoms with Crippen LogP contribution in [0, 0.1) is 58.9 Å². The molecule has 6 atom stereocenters. The Balaban J connectivity index is 1.25. The molecule has 39 heavy (non-hydrogen) atoms. The molecule has 6 unspecified atom stereocenters. The zero-order valence-corrected chi connectivity index (χ0v) is 21.6. The first-order chi connectivity index (χ1) is 18.5. The lowest BCUT2D eigenvalue weighted by Gasteiger charge is -2.44. The van der Waals surface area contributed by atoms with Crippen LogP contribution in [0.2, 0.25) is 0 Å². The molecule has 0 bridgehead atoms. The highest BCUT2D eigenvalue weighted by Gasteiger charge is 2.41. The molecule has 210 valence electrons. The van der Waals surface area contributed by atoms with E-state index < -0.39 is 40.5 Å². The van der Waals surface area contributed by atoms with E-state index in [1.807, 2.05) is 0 Å². The molecule has 2 aliphatic carbocycles. The summed E-state index contributed by atoms with van der Waals surface area (Å²) < 4.78 is 92.5. The van der Waals surface area contributed by atoms with E-state index in [0.29, 0.717) is 48.7 Å². The van der Waals surface area contributed by atoms with Crippen molar-refractivity contribution in [3.05, 3.63) is 41.2 Å². The van der Waals surface area contributed by atoms with Crippen molar-refractivity contribution < 1.29 is 40.6 Å². The standard InChI is InChI=1S/C30H30F6O3/c1-16-2-7-26(38-15-16)19-5-3-18-11-20(6-4-17(18)10-19)29(37)39-22-12-21-13-24(31)23(8-9-30(34,35)36)28(33)27(21)25(32)14-22/h12-14,16-20,26H,2-7,10-11,15H2,1H3. The third-order valence-electron chi connectivity index (χ3n) is 8.65. The van der Waals surface area contributed by atoms with Crippen molar-refractivity contribution in [2.75, 3.05) is 6.61 Å². The maximum absolute atomic E-state index is 14.8. The number of rotatable bonds is 3. The lowest BCUT2D eigenvalue weighted by Crippen LogP contribution is -2.39. The van der Waals surface area contributed by atoms with Crippen LogP contribution in [0.3, 0.4) is 0 Å². The predicted octanol–water partition coefficient (Wildman–Crippen LogP) is 7.72. The molecule has 9 heteroatoms. The predicted molar refractivity (Wildman–Crippen MR) is 132 cm³/mol. The molecule has 3 aliphatic rings. The third kappa shape index (κ3) is 6.21. The third-order valence-corrected chi connectivity index (χ3v) is 8.65. The molecule has 0 aromatic heterocycles. The maximum atomic E-state index is 14.8. The molecule has 0 radical (unpaired) electrons. The van der Waals surface area contributed by atoms with Crippen LogP contribution in [0.5, 0.6) is 5.75 Å². The molecule has 2 saturated carbocycles. The molecular formula is C30H30F6O3. The van der Waals surface area contributed by atoms with Crippen LogP contribution in [-0.2, 0) is 9.53 Å². The van der Waals surface area contributed by atoms with Gasteiger partial charge in [0.1, 0.15) is 17.4 Å². The first-order valence-corrected chi connectivity index (χ1v) is 13.5. The molecule has 1 saturated heterocycles. The minimum atomic E-state index is -4.97. The number of hydrogen-bond acceptors (Lipinski definition) is 3. The molecule has 0 amide bonds. The molecule has 0 N–H and O–H groups in total. The van der Waals surface area contributed by atoms with Crippen LogP contribution in [0.25, 0.3) is 10.8 Å². The summed E-state index contributed by atoms with van der Waals surface area (Å²) in [5.74, 6) is -0.905. The Hall–Kier alpha value is -2.73. The largest absolute Gasteiger partial charge is 0.458 e. The normalized spacial score (nSPS) is 29.3. The molecule has 3 fully saturated rings. The monoisotopic (exact) mass is 552 g/mol. The van der Waals surface area contributed by atoms with E-state index in [9.17, 15) is 31.1 Å². The van der Waals surface area contributed by atoms with Crippen LogP contribution in [-0.4, -0.2) is 24.9 Å². The van der Waals surface area contributed by atoms with Gasteiger partial charge in [0.15, 0.2) is 5.82 Å². The summed E-state index contributed by atoms with van der Waals surface area (Å²) in [4.78, 5) is 13.0. The van der Waals surface area contributed by atoms with E-state index in [4.69, 9.17) is 9.47 Å². The number of hydrogen-bond donors (Lipinski definition) is 0. The Morgan fingerprint density at radius 1 is 0.923 bits per heavy atom. The van der Waals surface area contributed by atoms with Crippen LogP contribution >= 0.6 is 0 Å². The fourth-order valence-corrected chi connectivity index (χ4v) is 6.64. The van der Waals surface area contributed by atoms with Gasteiger partial charge in [-0.3, -0.25) is 4.79 Å². The summed E-state index contributed by atoms with van der Waals surface area (Å²) in [5.41, 5.74) is -1.18. The van der Waals surface area contributed by atoms with Gasteiger partial charge in [0.05, 0.1) is 23.0 Å². The van der Waals surface area contributed by atoms with Gasteiger partial charge in [0.2, 0.25) is 0 Å². The average Bonchev–Trinajstić information content (AvgIpc) is 2.87. The molecule has 3 nitrogen and oxygen atoms in total. The summed E-state index contributed by atoms with van der Waals surface area (Å²) in [5, 5.41) is -1.01. The fourth-order valence-electron chi connectivity index (χ4n) is 6.64. The minimum absolute atomic E-state index is 0.215. The second-order valence-corrected chi connectivity index (χ2v) is 11.4. The fraction of sp³-hybridized carbons (Fsp3) is 0.567. The number of carbonyl (C=O) groups excluding carboxylic acids is 1. The van der Waals surface area contributed by atoms with Gasteiger partial charge in [-0.2, -0.15) is 13.2 Å². The molecule has 2 aromatic carbocycles. The first kappa shape index (κ1) is 27.8. The molecule has 0 spiro atoms. The van der Waals surface area contributed by atoms with Crippen LogP contribution in [0.15, 0.2) is 18.2 Å². The number of alkyl halides is 3. The van der Waals surface area contributed by atoms with E-state index in [1.54, 1.807) is 0 Å². The number of benzene rings is 2. The van der Waals surface area contributed by atoms with Gasteiger partial charge in [0.25, 0.3) is 0 Å². The highest BCUT2D eigenvalue weighted by Crippen LogP contribution is 2.47. The summed E-state index contributed by atoms with van der Waals surface area (Å²) in [6.07, 6.45) is 3.10. The summed E-state index contributed by atoms with van der Waals surface area (Å²) in [7, 11) is 0. The van der Waals surface area contributed by atoms with Gasteiger partial charge >= 0.3 is 12.1 Å². The summed E-state index contributed by atoms with van der Waals surface area (Å²) >= 11 is 0. The molecule has 1 heterocycles. The number of fused-ring (bicyclic) bond motifs is 2. The second kappa shape index (κ2) is 11.0. The van der Waals surface area contributed by atoms with Gasteiger partial charge in [-0.1, -0.05) is 12.8 Å². The van der Waals surface area contributed by atoms with Crippen LogP contribution < -0.4 is 4.74 Å². The SMILES string of the molecule is CC1CCC(C2CCC3CC(C(=O)Oc4cc(F)c5c(F)c(C#CC(F)(F)F)c(F)cc5c4)CCC3C2)OC1. The zero-order valence-electron chi connectivity index (χ0n) is 21.6. The lowest BCUT2D eigenvalue weighted by molar-refractivity contribution is -0.142. The molecule has 5 rings (SSSR count). The Bertz CT molecular complexity index is 1300. The highest BCUT2D eigenvalue weighted by atomic mass is 19.4. The number of ether oxygens (including phenoxy) is 2. The maximum Gasteiger partial charge on any atom is 0.458 e. The van der Waals surface area contributed by atoms with Gasteiger partial charge in [-0.15, -0.1) is 0 Å². The van der Waals surface area contributed by atoms with E-state index in [2.05, 4.69) is 6.92 Å². The second-order valence-electron chi connectivity index (χ2n) is 11.4. The quantitative estimate of drug-likeness (QED) is 0.169. The minimum Gasteiger partial charge on any atom is -0.426 e. The number of esters is 1. The smallest absolute Gasteiger partial charge is 0.426 e. The van der Waals surface area contributed by atoms with Gasteiger partial charge in [-0.05, 0) is 92.6 Å². The summed E-state index contributed by atoms with van der Waals surface area (Å²) in [6, 6.07) is 2.56. The van der Waals surface area contributed by atoms with Crippen molar-refractivity contribution in [2.45, 2.75) is 70.6 Å². The molecular weight excluding hydrogens is 522 g/mol. The van der Waals surface area contributed by atoms with Crippen molar-refractivity contribution in [3.8, 4) is 17.6 Å². The zero-order chi connectivity index (χ0) is 27.9. The van der Waals surface area contributed by atoms with Crippen molar-refractivity contribution in [2.24, 2.45) is 29.6 Å². The van der Waals surface area contributed by atoms with E-state index in [0.717, 1.165) is 56.8 Å². The summed E-state index contributed by atoms with van der Waals surface area (Å²) in [6.45, 7) is 3.04. The Morgan fingerprint density at radius 3 is 2.36 bits per heavy atom. The first-order valence-electron chi connectivity index (χ1n) is 13.5. The van der Waals surface area contributed by atoms with Crippen molar-refractivity contribution >= 4 is 16.7 Å². The van der Waals surface area contributed by atoms with Gasteiger partial charge < -0.3 is 9.47 Å². The van der Waals surface area contributed by atoms with Crippen LogP contribution in [0.1, 0.15) is 63.9 Å². The highest BCUT2D eigenvalue weighted by molar-refractivity contribution is 5.87. The molecule has 2 aromatic rings. The van der Waals surface area contributed by atoms with Crippen molar-refractivity contribution in [1.29, 1.82) is 0 Å². The van der Waals surface area contributed by atoms with Gasteiger partial charge in [-0.25, -0.2) is 13.2 Å². The van der Waals surface area contributed by atoms with Crippen LogP contribution in [0.4, 0.5) is 26.3 Å². The Kier molecular flexibility index (Phi) is 7.87. The number of halogens is 6. The van der Waals surface area contributed by atoms with Crippen molar-refractivity contribution in [1.82, 2.24) is 0 Å². The van der Waals surface area contributed by atoms with E-state index in [-0.39, 0.29) is 17.1 Å². The average molecular weight is 553 g/mol. The Labute approximate surface area is 223 Å². The molecule has 1 aliphatic heterocycles. The van der Waals surface area contributed by atoms with E-state index in [1.165, 1.54) is 12.3 Å². The van der Waals surface area contributed by atoms with Crippen molar-refractivity contribution in [3.63, 3.8) is 0 Å².